The largest absolute Gasteiger partial charge is 0.462 e. The molecule has 22 heavy (non-hydrogen) atoms. The van der Waals surface area contributed by atoms with Crippen LogP contribution in [0.4, 0.5) is 0 Å². The number of esters is 1. The van der Waals surface area contributed by atoms with Crippen LogP contribution in [0.1, 0.15) is 41.9 Å². The van der Waals surface area contributed by atoms with Crippen molar-refractivity contribution in [2.24, 2.45) is 0 Å². The van der Waals surface area contributed by atoms with E-state index in [2.05, 4.69) is 15.3 Å². The predicted octanol–water partition coefficient (Wildman–Crippen LogP) is 2.74. The molecule has 1 fully saturated rings. The van der Waals surface area contributed by atoms with Crippen LogP contribution in [0.5, 0.6) is 0 Å². The fourth-order valence-electron chi connectivity index (χ4n) is 2.69. The molecule has 1 atom stereocenters. The van der Waals surface area contributed by atoms with Crippen molar-refractivity contribution in [1.82, 2.24) is 15.3 Å². The van der Waals surface area contributed by atoms with Crippen LogP contribution in [-0.2, 0) is 4.74 Å². The first-order valence-corrected chi connectivity index (χ1v) is 7.61. The first-order chi connectivity index (χ1) is 10.8. The highest BCUT2D eigenvalue weighted by molar-refractivity contribution is 5.96. The van der Waals surface area contributed by atoms with Crippen LogP contribution < -0.4 is 5.32 Å². The molecule has 5 nitrogen and oxygen atoms in total. The minimum absolute atomic E-state index is 0.293. The molecule has 0 spiro atoms. The van der Waals surface area contributed by atoms with E-state index in [0.717, 1.165) is 24.2 Å². The molecule has 5 heteroatoms. The van der Waals surface area contributed by atoms with E-state index in [1.165, 1.54) is 6.42 Å². The van der Waals surface area contributed by atoms with Crippen LogP contribution in [0.15, 0.2) is 36.7 Å². The summed E-state index contributed by atoms with van der Waals surface area (Å²) in [6, 6.07) is 7.61. The third kappa shape index (κ3) is 2.99. The monoisotopic (exact) mass is 297 g/mol. The molecular weight excluding hydrogens is 278 g/mol. The van der Waals surface area contributed by atoms with Gasteiger partial charge in [-0.15, -0.1) is 0 Å². The van der Waals surface area contributed by atoms with Crippen LogP contribution in [0.3, 0.4) is 0 Å². The number of rotatable bonds is 4. The molecule has 114 valence electrons. The van der Waals surface area contributed by atoms with Crippen LogP contribution in [0, 0.1) is 0 Å². The van der Waals surface area contributed by atoms with E-state index >= 15 is 0 Å². The lowest BCUT2D eigenvalue weighted by molar-refractivity contribution is 0.0527. The first-order valence-electron chi connectivity index (χ1n) is 7.61. The Hall–Kier alpha value is -2.27. The summed E-state index contributed by atoms with van der Waals surface area (Å²) in [5.41, 5.74) is 2.91. The Balaban J connectivity index is 1.89. The van der Waals surface area contributed by atoms with E-state index in [4.69, 9.17) is 4.74 Å². The number of benzene rings is 1. The third-order valence-electron chi connectivity index (χ3n) is 3.79. The molecule has 1 aliphatic rings. The van der Waals surface area contributed by atoms with E-state index < -0.39 is 0 Å². The van der Waals surface area contributed by atoms with Crippen molar-refractivity contribution in [3.05, 3.63) is 47.9 Å². The Morgan fingerprint density at radius 3 is 2.86 bits per heavy atom. The third-order valence-corrected chi connectivity index (χ3v) is 3.79. The van der Waals surface area contributed by atoms with Crippen molar-refractivity contribution in [1.29, 1.82) is 0 Å². The number of carbonyl (C=O) groups is 1. The first kappa shape index (κ1) is 14.7. The van der Waals surface area contributed by atoms with Gasteiger partial charge in [-0.25, -0.2) is 4.79 Å². The topological polar surface area (TPSA) is 64.1 Å². The van der Waals surface area contributed by atoms with Gasteiger partial charge in [0, 0.05) is 5.56 Å². The van der Waals surface area contributed by atoms with Crippen molar-refractivity contribution in [3.8, 4) is 11.3 Å². The maximum absolute atomic E-state index is 12.0. The normalized spacial score (nSPS) is 17.4. The Labute approximate surface area is 129 Å². The molecule has 2 heterocycles. The average molecular weight is 297 g/mol. The van der Waals surface area contributed by atoms with E-state index in [9.17, 15) is 4.79 Å². The number of nitrogens with one attached hydrogen (secondary N) is 1. The summed E-state index contributed by atoms with van der Waals surface area (Å²) in [5.74, 6) is -0.332. The Bertz CT molecular complexity index is 649. The fourth-order valence-corrected chi connectivity index (χ4v) is 2.69. The van der Waals surface area contributed by atoms with Crippen LogP contribution in [-0.4, -0.2) is 29.1 Å². The molecule has 0 saturated carbocycles. The number of ether oxygens (including phenoxy) is 1. The van der Waals surface area contributed by atoms with Gasteiger partial charge in [-0.3, -0.25) is 9.97 Å². The van der Waals surface area contributed by atoms with Crippen molar-refractivity contribution in [3.63, 3.8) is 0 Å². The van der Waals surface area contributed by atoms with Crippen molar-refractivity contribution in [2.75, 3.05) is 13.2 Å². The van der Waals surface area contributed by atoms with Crippen LogP contribution in [0.2, 0.25) is 0 Å². The van der Waals surface area contributed by atoms with Gasteiger partial charge in [0.15, 0.2) is 0 Å². The lowest BCUT2D eigenvalue weighted by Gasteiger charge is -2.11. The number of carbonyl (C=O) groups excluding carboxylic acids is 1. The molecule has 1 aliphatic heterocycles. The van der Waals surface area contributed by atoms with Gasteiger partial charge in [0.25, 0.3) is 0 Å². The highest BCUT2D eigenvalue weighted by atomic mass is 16.5. The minimum atomic E-state index is -0.332. The minimum Gasteiger partial charge on any atom is -0.462 e. The molecule has 2 aromatic rings. The summed E-state index contributed by atoms with van der Waals surface area (Å²) in [5, 5.41) is 3.40. The van der Waals surface area contributed by atoms with Gasteiger partial charge in [0.05, 0.1) is 42.0 Å². The quantitative estimate of drug-likeness (QED) is 0.879. The number of nitrogens with zero attached hydrogens (tertiary/aromatic N) is 2. The standard InChI is InChI=1S/C17H19N3O2/c1-2-22-17(21)13-7-4-3-6-12(13)15-10-20-16(11-19-15)14-8-5-9-18-14/h3-4,6-7,10-11,14,18H,2,5,8-9H2,1H3. The summed E-state index contributed by atoms with van der Waals surface area (Å²) < 4.78 is 5.10. The van der Waals surface area contributed by atoms with E-state index in [1.807, 2.05) is 18.2 Å². The fraction of sp³-hybridized carbons (Fsp3) is 0.353. The van der Waals surface area contributed by atoms with Crippen LogP contribution >= 0.6 is 0 Å². The van der Waals surface area contributed by atoms with Gasteiger partial charge >= 0.3 is 5.97 Å². The van der Waals surface area contributed by atoms with Gasteiger partial charge in [0.2, 0.25) is 0 Å². The van der Waals surface area contributed by atoms with E-state index in [0.29, 0.717) is 23.9 Å². The number of hydrogen-bond donors (Lipinski definition) is 1. The van der Waals surface area contributed by atoms with Gasteiger partial charge in [-0.2, -0.15) is 0 Å². The van der Waals surface area contributed by atoms with E-state index in [1.54, 1.807) is 25.4 Å². The smallest absolute Gasteiger partial charge is 0.338 e. The average Bonchev–Trinajstić information content (AvgIpc) is 3.10. The second-order valence-electron chi connectivity index (χ2n) is 5.24. The SMILES string of the molecule is CCOC(=O)c1ccccc1-c1cnc(C2CCCN2)cn1. The number of aromatic nitrogens is 2. The lowest BCUT2D eigenvalue weighted by atomic mass is 10.0. The molecule has 1 unspecified atom stereocenters. The lowest BCUT2D eigenvalue weighted by Crippen LogP contribution is -2.14. The Morgan fingerprint density at radius 1 is 1.32 bits per heavy atom. The van der Waals surface area contributed by atoms with Crippen LogP contribution in [0.25, 0.3) is 11.3 Å². The molecule has 1 aromatic heterocycles. The number of hydrogen-bond acceptors (Lipinski definition) is 5. The van der Waals surface area contributed by atoms with Gasteiger partial charge in [-0.05, 0) is 32.4 Å². The second-order valence-corrected chi connectivity index (χ2v) is 5.24. The molecule has 1 N–H and O–H groups in total. The Kier molecular flexibility index (Phi) is 4.44. The summed E-state index contributed by atoms with van der Waals surface area (Å²) in [6.45, 7) is 3.18. The van der Waals surface area contributed by atoms with Crippen molar-refractivity contribution >= 4 is 5.97 Å². The second kappa shape index (κ2) is 6.66. The van der Waals surface area contributed by atoms with Crippen molar-refractivity contribution < 1.29 is 9.53 Å². The Morgan fingerprint density at radius 2 is 2.18 bits per heavy atom. The molecule has 0 radical (unpaired) electrons. The highest BCUT2D eigenvalue weighted by Gasteiger charge is 2.19. The summed E-state index contributed by atoms with van der Waals surface area (Å²) in [4.78, 5) is 21.0. The zero-order valence-electron chi connectivity index (χ0n) is 12.6. The molecule has 1 saturated heterocycles. The predicted molar refractivity (Wildman–Crippen MR) is 83.4 cm³/mol. The summed E-state index contributed by atoms with van der Waals surface area (Å²) in [7, 11) is 0. The molecule has 0 bridgehead atoms. The maximum Gasteiger partial charge on any atom is 0.338 e. The summed E-state index contributed by atoms with van der Waals surface area (Å²) in [6.07, 6.45) is 5.78. The van der Waals surface area contributed by atoms with Gasteiger partial charge in [-0.1, -0.05) is 18.2 Å². The highest BCUT2D eigenvalue weighted by Crippen LogP contribution is 2.25. The maximum atomic E-state index is 12.0. The molecular formula is C17H19N3O2. The van der Waals surface area contributed by atoms with Crippen molar-refractivity contribution in [2.45, 2.75) is 25.8 Å². The molecule has 3 rings (SSSR count). The zero-order chi connectivity index (χ0) is 15.4. The van der Waals surface area contributed by atoms with Gasteiger partial charge in [0.1, 0.15) is 0 Å². The molecule has 0 amide bonds. The summed E-state index contributed by atoms with van der Waals surface area (Å²) >= 11 is 0. The van der Waals surface area contributed by atoms with E-state index in [-0.39, 0.29) is 5.97 Å². The zero-order valence-corrected chi connectivity index (χ0v) is 12.6. The molecule has 0 aliphatic carbocycles. The van der Waals surface area contributed by atoms with Gasteiger partial charge < -0.3 is 10.1 Å². The molecule has 1 aromatic carbocycles.